The van der Waals surface area contributed by atoms with E-state index in [0.29, 0.717) is 30.7 Å². The molecule has 2 aromatic rings. The molecule has 0 aliphatic rings. The lowest BCUT2D eigenvalue weighted by atomic mass is 10.0. The second kappa shape index (κ2) is 9.92. The van der Waals surface area contributed by atoms with E-state index in [-0.39, 0.29) is 15.5 Å². The molecule has 0 amide bonds. The quantitative estimate of drug-likeness (QED) is 0.536. The summed E-state index contributed by atoms with van der Waals surface area (Å²) >= 11 is 6.18. The molecule has 0 saturated heterocycles. The standard InChI is InChI=1S/C19H24ClNO5S/c1-2-3-4-5-10-21-27(24,25)18-13-16(19(22)23)14(12-17(18)20)8-9-15-7-6-11-26-15/h6-7,11-13,21H,2-5,8-10H2,1H3,(H,22,23). The van der Waals surface area contributed by atoms with Crippen LogP contribution in [0.1, 0.15) is 54.3 Å². The molecule has 27 heavy (non-hydrogen) atoms. The Balaban J connectivity index is 2.19. The predicted molar refractivity (Wildman–Crippen MR) is 104 cm³/mol. The molecule has 148 valence electrons. The molecule has 8 heteroatoms. The summed E-state index contributed by atoms with van der Waals surface area (Å²) in [7, 11) is -3.87. The second-order valence-corrected chi connectivity index (χ2v) is 8.43. The van der Waals surface area contributed by atoms with Gasteiger partial charge in [0.25, 0.3) is 0 Å². The van der Waals surface area contributed by atoms with Gasteiger partial charge in [-0.1, -0.05) is 37.8 Å². The molecule has 0 spiro atoms. The van der Waals surface area contributed by atoms with Crippen LogP contribution in [-0.2, 0) is 22.9 Å². The van der Waals surface area contributed by atoms with Gasteiger partial charge in [-0.05, 0) is 42.7 Å². The minimum absolute atomic E-state index is 0.00973. The summed E-state index contributed by atoms with van der Waals surface area (Å²) in [6.45, 7) is 2.37. The van der Waals surface area contributed by atoms with Crippen LogP contribution in [0.25, 0.3) is 0 Å². The number of halogens is 1. The Morgan fingerprint density at radius 2 is 2.00 bits per heavy atom. The van der Waals surface area contributed by atoms with Crippen molar-refractivity contribution in [3.8, 4) is 0 Å². The van der Waals surface area contributed by atoms with E-state index in [1.165, 1.54) is 6.07 Å². The van der Waals surface area contributed by atoms with Crippen molar-refractivity contribution in [2.24, 2.45) is 0 Å². The van der Waals surface area contributed by atoms with Crippen LogP contribution in [-0.4, -0.2) is 26.0 Å². The van der Waals surface area contributed by atoms with Crippen molar-refractivity contribution in [1.29, 1.82) is 0 Å². The molecule has 1 aromatic carbocycles. The lowest BCUT2D eigenvalue weighted by Gasteiger charge is -2.12. The number of rotatable bonds is 11. The predicted octanol–water partition coefficient (Wildman–Crippen LogP) is 4.28. The number of furan rings is 1. The molecule has 0 saturated carbocycles. The number of nitrogens with one attached hydrogen (secondary N) is 1. The number of hydrogen-bond donors (Lipinski definition) is 2. The first-order valence-electron chi connectivity index (χ1n) is 8.93. The van der Waals surface area contributed by atoms with Crippen LogP contribution in [0, 0.1) is 0 Å². The smallest absolute Gasteiger partial charge is 0.336 e. The van der Waals surface area contributed by atoms with Gasteiger partial charge in [-0.3, -0.25) is 0 Å². The molecule has 1 heterocycles. The van der Waals surface area contributed by atoms with Gasteiger partial charge in [-0.15, -0.1) is 0 Å². The van der Waals surface area contributed by atoms with Gasteiger partial charge in [0.15, 0.2) is 0 Å². The molecule has 2 rings (SSSR count). The van der Waals surface area contributed by atoms with Crippen LogP contribution >= 0.6 is 11.6 Å². The fraction of sp³-hybridized carbons (Fsp3) is 0.421. The summed E-state index contributed by atoms with van der Waals surface area (Å²) in [5, 5.41) is 9.51. The molecule has 1 aromatic heterocycles. The zero-order chi connectivity index (χ0) is 19.9. The van der Waals surface area contributed by atoms with E-state index in [9.17, 15) is 18.3 Å². The number of aryl methyl sites for hydroxylation is 2. The molecular weight excluding hydrogens is 390 g/mol. The van der Waals surface area contributed by atoms with Gasteiger partial charge in [0.1, 0.15) is 10.7 Å². The Bertz CT molecular complexity index is 862. The summed E-state index contributed by atoms with van der Waals surface area (Å²) in [4.78, 5) is 11.4. The third kappa shape index (κ3) is 6.09. The van der Waals surface area contributed by atoms with Crippen molar-refractivity contribution >= 4 is 27.6 Å². The van der Waals surface area contributed by atoms with E-state index >= 15 is 0 Å². The van der Waals surface area contributed by atoms with Crippen LogP contribution in [0.4, 0.5) is 0 Å². The van der Waals surface area contributed by atoms with Crippen LogP contribution in [0.15, 0.2) is 39.8 Å². The van der Waals surface area contributed by atoms with Gasteiger partial charge < -0.3 is 9.52 Å². The van der Waals surface area contributed by atoms with Gasteiger partial charge in [0.2, 0.25) is 10.0 Å². The van der Waals surface area contributed by atoms with Crippen molar-refractivity contribution in [3.05, 3.63) is 52.4 Å². The number of carboxylic acid groups (broad SMARTS) is 1. The molecule has 6 nitrogen and oxygen atoms in total. The van der Waals surface area contributed by atoms with Gasteiger partial charge >= 0.3 is 5.97 Å². The van der Waals surface area contributed by atoms with Crippen molar-refractivity contribution in [3.63, 3.8) is 0 Å². The summed E-state index contributed by atoms with van der Waals surface area (Å²) < 4.78 is 32.8. The molecule has 0 radical (unpaired) electrons. The highest BCUT2D eigenvalue weighted by Crippen LogP contribution is 2.27. The lowest BCUT2D eigenvalue weighted by molar-refractivity contribution is 0.0695. The maximum Gasteiger partial charge on any atom is 0.336 e. The maximum atomic E-state index is 12.5. The summed E-state index contributed by atoms with van der Waals surface area (Å²) in [6, 6.07) is 6.10. The van der Waals surface area contributed by atoms with Gasteiger partial charge in [0, 0.05) is 13.0 Å². The number of carboxylic acids is 1. The van der Waals surface area contributed by atoms with E-state index in [1.54, 1.807) is 18.4 Å². The number of sulfonamides is 1. The molecular formula is C19H24ClNO5S. The molecule has 2 N–H and O–H groups in total. The van der Waals surface area contributed by atoms with Crippen molar-refractivity contribution < 1.29 is 22.7 Å². The number of unbranched alkanes of at least 4 members (excludes halogenated alkanes) is 3. The van der Waals surface area contributed by atoms with Crippen LogP contribution < -0.4 is 4.72 Å². The van der Waals surface area contributed by atoms with E-state index in [0.717, 1.165) is 31.7 Å². The van der Waals surface area contributed by atoms with Crippen molar-refractivity contribution in [2.75, 3.05) is 6.54 Å². The van der Waals surface area contributed by atoms with Crippen LogP contribution in [0.5, 0.6) is 0 Å². The maximum absolute atomic E-state index is 12.5. The monoisotopic (exact) mass is 413 g/mol. The third-order valence-corrected chi connectivity index (χ3v) is 6.15. The highest BCUT2D eigenvalue weighted by atomic mass is 35.5. The molecule has 0 aliphatic carbocycles. The summed E-state index contributed by atoms with van der Waals surface area (Å²) in [6.07, 6.45) is 6.15. The fourth-order valence-corrected chi connectivity index (χ4v) is 4.40. The van der Waals surface area contributed by atoms with Crippen LogP contribution in [0.3, 0.4) is 0 Å². The highest BCUT2D eigenvalue weighted by molar-refractivity contribution is 7.89. The van der Waals surface area contributed by atoms with Gasteiger partial charge in [0.05, 0.1) is 16.8 Å². The van der Waals surface area contributed by atoms with E-state index in [4.69, 9.17) is 16.0 Å². The summed E-state index contributed by atoms with van der Waals surface area (Å²) in [5.41, 5.74) is 0.392. The molecule has 0 unspecified atom stereocenters. The lowest BCUT2D eigenvalue weighted by Crippen LogP contribution is -2.25. The average molecular weight is 414 g/mol. The molecule has 0 aliphatic heterocycles. The minimum Gasteiger partial charge on any atom is -0.478 e. The highest BCUT2D eigenvalue weighted by Gasteiger charge is 2.22. The van der Waals surface area contributed by atoms with E-state index < -0.39 is 16.0 Å². The Labute approximate surface area is 164 Å². The Kier molecular flexibility index (Phi) is 7.89. The summed E-state index contributed by atoms with van der Waals surface area (Å²) in [5.74, 6) is -0.478. The van der Waals surface area contributed by atoms with E-state index in [1.807, 2.05) is 0 Å². The van der Waals surface area contributed by atoms with Gasteiger partial charge in [-0.25, -0.2) is 17.9 Å². The van der Waals surface area contributed by atoms with Crippen molar-refractivity contribution in [1.82, 2.24) is 4.72 Å². The second-order valence-electron chi connectivity index (χ2n) is 6.28. The first-order chi connectivity index (χ1) is 12.8. The van der Waals surface area contributed by atoms with E-state index in [2.05, 4.69) is 11.6 Å². The SMILES string of the molecule is CCCCCCNS(=O)(=O)c1cc(C(=O)O)c(CCc2ccco2)cc1Cl. The van der Waals surface area contributed by atoms with Crippen LogP contribution in [0.2, 0.25) is 5.02 Å². The van der Waals surface area contributed by atoms with Crippen molar-refractivity contribution in [2.45, 2.75) is 50.3 Å². The Morgan fingerprint density at radius 3 is 2.63 bits per heavy atom. The zero-order valence-electron chi connectivity index (χ0n) is 15.2. The first kappa shape index (κ1) is 21.5. The zero-order valence-corrected chi connectivity index (χ0v) is 16.8. The number of hydrogen-bond acceptors (Lipinski definition) is 4. The minimum atomic E-state index is -3.87. The topological polar surface area (TPSA) is 96.6 Å². The Morgan fingerprint density at radius 1 is 1.22 bits per heavy atom. The normalized spacial score (nSPS) is 11.6. The number of carbonyl (C=O) groups is 1. The number of benzene rings is 1. The molecule has 0 bridgehead atoms. The molecule has 0 fully saturated rings. The van der Waals surface area contributed by atoms with Gasteiger partial charge in [-0.2, -0.15) is 0 Å². The molecule has 0 atom stereocenters. The average Bonchev–Trinajstić information content (AvgIpc) is 3.12. The Hall–Kier alpha value is -1.83. The fourth-order valence-electron chi connectivity index (χ4n) is 2.76. The largest absolute Gasteiger partial charge is 0.478 e. The number of aromatic carboxylic acids is 1. The first-order valence-corrected chi connectivity index (χ1v) is 10.8. The third-order valence-electron chi connectivity index (χ3n) is 4.22.